The fraction of sp³-hybridized carbons (Fsp3) is 0.179. The molecule has 3 heterocycles. The van der Waals surface area contributed by atoms with E-state index in [9.17, 15) is 9.59 Å². The second-order valence-electron chi connectivity index (χ2n) is 8.31. The second kappa shape index (κ2) is 10.7. The number of methoxy groups -OCH3 is 1. The quantitative estimate of drug-likeness (QED) is 0.346. The molecule has 8 heteroatoms. The van der Waals surface area contributed by atoms with Gasteiger partial charge in [-0.15, -0.1) is 11.3 Å². The molecule has 1 N–H and O–H groups in total. The first kappa shape index (κ1) is 23.7. The normalized spacial score (nSPS) is 16.9. The lowest BCUT2D eigenvalue weighted by Crippen LogP contribution is -2.47. The van der Waals surface area contributed by atoms with Crippen LogP contribution in [0.5, 0.6) is 11.6 Å². The van der Waals surface area contributed by atoms with E-state index in [1.54, 1.807) is 36.4 Å². The summed E-state index contributed by atoms with van der Waals surface area (Å²) < 4.78 is 11.0. The molecule has 2 unspecified atom stereocenters. The van der Waals surface area contributed by atoms with Crippen LogP contribution in [0.2, 0.25) is 0 Å². The second-order valence-corrected chi connectivity index (χ2v) is 9.29. The van der Waals surface area contributed by atoms with E-state index in [2.05, 4.69) is 10.3 Å². The summed E-state index contributed by atoms with van der Waals surface area (Å²) in [4.78, 5) is 34.3. The highest BCUT2D eigenvalue weighted by Crippen LogP contribution is 2.44. The van der Waals surface area contributed by atoms with Gasteiger partial charge in [-0.1, -0.05) is 42.5 Å². The summed E-state index contributed by atoms with van der Waals surface area (Å²) in [6.07, 6.45) is 1.57. The number of amides is 2. The molecule has 0 saturated carbocycles. The van der Waals surface area contributed by atoms with Gasteiger partial charge in [0.1, 0.15) is 5.75 Å². The smallest absolute Gasteiger partial charge is 0.254 e. The minimum Gasteiger partial charge on any atom is -0.439 e. The fourth-order valence-electron chi connectivity index (χ4n) is 4.43. The molecule has 0 fully saturated rings. The maximum atomic E-state index is 13.8. The Hall–Kier alpha value is -4.01. The Balaban J connectivity index is 1.44. The molecule has 0 radical (unpaired) electrons. The number of para-hydroxylation sites is 1. The number of hydrogen-bond donors (Lipinski definition) is 1. The van der Waals surface area contributed by atoms with Crippen molar-refractivity contribution in [2.75, 3.05) is 25.6 Å². The third kappa shape index (κ3) is 4.86. The summed E-state index contributed by atoms with van der Waals surface area (Å²) in [5.41, 5.74) is 1.79. The molecule has 182 valence electrons. The summed E-state index contributed by atoms with van der Waals surface area (Å²) >= 11 is 1.53. The number of carbonyl (C=O) groups is 2. The van der Waals surface area contributed by atoms with Gasteiger partial charge in [-0.2, -0.15) is 0 Å². The Morgan fingerprint density at radius 2 is 1.83 bits per heavy atom. The van der Waals surface area contributed by atoms with Crippen molar-refractivity contribution in [2.24, 2.45) is 0 Å². The molecule has 2 aromatic heterocycles. The zero-order chi connectivity index (χ0) is 24.9. The van der Waals surface area contributed by atoms with Crippen molar-refractivity contribution in [2.45, 2.75) is 12.0 Å². The van der Waals surface area contributed by atoms with Gasteiger partial charge < -0.3 is 19.7 Å². The molecule has 4 aromatic rings. The SMILES string of the molecule is COCCN1C(=O)c2ccccc2C(C(=O)Nc2ccc(Oc3ccccc3)nc2)C1c1cccs1. The Kier molecular flexibility index (Phi) is 7.06. The zero-order valence-electron chi connectivity index (χ0n) is 19.7. The van der Waals surface area contributed by atoms with E-state index >= 15 is 0 Å². The number of nitrogens with one attached hydrogen (secondary N) is 1. The van der Waals surface area contributed by atoms with Gasteiger partial charge in [-0.3, -0.25) is 9.59 Å². The Morgan fingerprint density at radius 3 is 2.56 bits per heavy atom. The van der Waals surface area contributed by atoms with Crippen LogP contribution in [-0.2, 0) is 9.53 Å². The first-order valence-corrected chi connectivity index (χ1v) is 12.5. The number of nitrogens with zero attached hydrogens (tertiary/aromatic N) is 2. The van der Waals surface area contributed by atoms with Gasteiger partial charge in [-0.05, 0) is 41.3 Å². The third-order valence-corrected chi connectivity index (χ3v) is 7.00. The molecule has 36 heavy (non-hydrogen) atoms. The summed E-state index contributed by atoms with van der Waals surface area (Å²) in [6.45, 7) is 0.750. The van der Waals surface area contributed by atoms with Gasteiger partial charge in [0.05, 0.1) is 30.5 Å². The molecule has 0 bridgehead atoms. The van der Waals surface area contributed by atoms with Crippen LogP contribution in [0.3, 0.4) is 0 Å². The third-order valence-electron chi connectivity index (χ3n) is 6.06. The van der Waals surface area contributed by atoms with Crippen LogP contribution < -0.4 is 10.1 Å². The van der Waals surface area contributed by atoms with Gasteiger partial charge in [0.2, 0.25) is 11.8 Å². The Labute approximate surface area is 213 Å². The predicted octanol–water partition coefficient (Wildman–Crippen LogP) is 5.50. The molecule has 7 nitrogen and oxygen atoms in total. The maximum absolute atomic E-state index is 13.8. The average Bonchev–Trinajstić information content (AvgIpc) is 3.44. The van der Waals surface area contributed by atoms with Crippen LogP contribution in [0.15, 0.2) is 90.4 Å². The molecular weight excluding hydrogens is 474 g/mol. The average molecular weight is 500 g/mol. The highest BCUT2D eigenvalue weighted by Gasteiger charge is 2.44. The number of aromatic nitrogens is 1. The summed E-state index contributed by atoms with van der Waals surface area (Å²) in [5.74, 6) is 0.188. The van der Waals surface area contributed by atoms with Crippen LogP contribution in [-0.4, -0.2) is 42.0 Å². The molecule has 0 spiro atoms. The van der Waals surface area contributed by atoms with E-state index in [-0.39, 0.29) is 11.8 Å². The Morgan fingerprint density at radius 1 is 1.03 bits per heavy atom. The number of thiophene rings is 1. The highest BCUT2D eigenvalue weighted by molar-refractivity contribution is 7.10. The van der Waals surface area contributed by atoms with Crippen molar-refractivity contribution < 1.29 is 19.1 Å². The van der Waals surface area contributed by atoms with Crippen LogP contribution in [0.25, 0.3) is 0 Å². The van der Waals surface area contributed by atoms with E-state index in [1.807, 2.05) is 66.0 Å². The fourth-order valence-corrected chi connectivity index (χ4v) is 5.30. The first-order chi connectivity index (χ1) is 17.7. The van der Waals surface area contributed by atoms with Crippen molar-refractivity contribution in [3.05, 3.63) is 106 Å². The molecule has 0 aliphatic carbocycles. The van der Waals surface area contributed by atoms with E-state index in [4.69, 9.17) is 9.47 Å². The summed E-state index contributed by atoms with van der Waals surface area (Å²) in [7, 11) is 1.60. The number of anilines is 1. The summed E-state index contributed by atoms with van der Waals surface area (Å²) in [6, 6.07) is 23.6. The summed E-state index contributed by atoms with van der Waals surface area (Å²) in [5, 5.41) is 4.96. The number of benzene rings is 2. The van der Waals surface area contributed by atoms with E-state index in [1.165, 1.54) is 11.3 Å². The molecule has 0 saturated heterocycles. The lowest BCUT2D eigenvalue weighted by molar-refractivity contribution is -0.119. The largest absolute Gasteiger partial charge is 0.439 e. The number of hydrogen-bond acceptors (Lipinski definition) is 6. The Bertz CT molecular complexity index is 1330. The maximum Gasteiger partial charge on any atom is 0.254 e. The van der Waals surface area contributed by atoms with Gasteiger partial charge in [0.25, 0.3) is 5.91 Å². The lowest BCUT2D eigenvalue weighted by atomic mass is 9.81. The van der Waals surface area contributed by atoms with Gasteiger partial charge in [0, 0.05) is 30.2 Å². The van der Waals surface area contributed by atoms with E-state index in [0.717, 1.165) is 4.88 Å². The molecule has 5 rings (SSSR count). The lowest BCUT2D eigenvalue weighted by Gasteiger charge is -2.41. The van der Waals surface area contributed by atoms with Crippen molar-refractivity contribution in [3.8, 4) is 11.6 Å². The zero-order valence-corrected chi connectivity index (χ0v) is 20.5. The molecular formula is C28H25N3O4S. The standard InChI is InChI=1S/C28H25N3O4S/c1-34-16-15-31-26(23-12-7-17-36-23)25(21-10-5-6-11-22(21)28(31)33)27(32)30-19-13-14-24(29-18-19)35-20-8-3-2-4-9-20/h2-14,17-18,25-26H,15-16H2,1H3,(H,30,32). The molecule has 1 aliphatic heterocycles. The number of ether oxygens (including phenoxy) is 2. The van der Waals surface area contributed by atoms with Crippen molar-refractivity contribution in [1.29, 1.82) is 0 Å². The molecule has 1 aliphatic rings. The van der Waals surface area contributed by atoms with Crippen LogP contribution >= 0.6 is 11.3 Å². The molecule has 2 aromatic carbocycles. The van der Waals surface area contributed by atoms with Crippen LogP contribution in [0, 0.1) is 0 Å². The number of fused-ring (bicyclic) bond motifs is 1. The minimum absolute atomic E-state index is 0.103. The minimum atomic E-state index is -0.602. The van der Waals surface area contributed by atoms with Gasteiger partial charge in [0.15, 0.2) is 0 Å². The number of pyridine rings is 1. The molecule has 2 amide bonds. The molecule has 2 atom stereocenters. The van der Waals surface area contributed by atoms with E-state index in [0.29, 0.717) is 41.6 Å². The van der Waals surface area contributed by atoms with Crippen molar-refractivity contribution in [3.63, 3.8) is 0 Å². The topological polar surface area (TPSA) is 80.8 Å². The van der Waals surface area contributed by atoms with Gasteiger partial charge >= 0.3 is 0 Å². The monoisotopic (exact) mass is 499 g/mol. The van der Waals surface area contributed by atoms with E-state index < -0.39 is 12.0 Å². The predicted molar refractivity (Wildman–Crippen MR) is 139 cm³/mol. The van der Waals surface area contributed by atoms with Crippen LogP contribution in [0.4, 0.5) is 5.69 Å². The van der Waals surface area contributed by atoms with Crippen LogP contribution in [0.1, 0.15) is 32.8 Å². The highest BCUT2D eigenvalue weighted by atomic mass is 32.1. The first-order valence-electron chi connectivity index (χ1n) is 11.6. The van der Waals surface area contributed by atoms with Gasteiger partial charge in [-0.25, -0.2) is 4.98 Å². The number of carbonyl (C=O) groups excluding carboxylic acids is 2. The van der Waals surface area contributed by atoms with Crippen molar-refractivity contribution in [1.82, 2.24) is 9.88 Å². The van der Waals surface area contributed by atoms with Crippen molar-refractivity contribution >= 4 is 28.8 Å². The number of rotatable bonds is 8.